The van der Waals surface area contributed by atoms with Gasteiger partial charge in [0.1, 0.15) is 0 Å². The van der Waals surface area contributed by atoms with Crippen molar-refractivity contribution in [1.29, 1.82) is 0 Å². The minimum Gasteiger partial charge on any atom is -0.334 e. The number of hydrogen-bond acceptors (Lipinski definition) is 3. The van der Waals surface area contributed by atoms with Crippen LogP contribution in [0.2, 0.25) is 0 Å². The van der Waals surface area contributed by atoms with Gasteiger partial charge in [-0.2, -0.15) is 5.10 Å². The fourth-order valence-electron chi connectivity index (χ4n) is 5.71. The van der Waals surface area contributed by atoms with Gasteiger partial charge < -0.3 is 9.80 Å². The van der Waals surface area contributed by atoms with Crippen LogP contribution in [-0.4, -0.2) is 51.7 Å². The van der Waals surface area contributed by atoms with Gasteiger partial charge in [-0.05, 0) is 69.2 Å². The molecule has 4 aliphatic rings. The molecule has 148 valence electrons. The number of hydrogen-bond donors (Lipinski definition) is 0. The normalized spacial score (nSPS) is 26.2. The highest BCUT2D eigenvalue weighted by atomic mass is 16.2. The third-order valence-corrected chi connectivity index (χ3v) is 7.35. The minimum absolute atomic E-state index is 0.203. The van der Waals surface area contributed by atoms with Crippen LogP contribution in [0, 0.1) is 25.7 Å². The predicted molar refractivity (Wildman–Crippen MR) is 110 cm³/mol. The maximum Gasteiger partial charge on any atom is 0.255 e. The van der Waals surface area contributed by atoms with E-state index in [-0.39, 0.29) is 5.91 Å². The van der Waals surface area contributed by atoms with E-state index in [1.54, 1.807) is 0 Å². The Morgan fingerprint density at radius 1 is 1.14 bits per heavy atom. The van der Waals surface area contributed by atoms with Crippen LogP contribution < -0.4 is 0 Å². The second kappa shape index (κ2) is 6.73. The molecule has 6 rings (SSSR count). The molecule has 28 heavy (non-hydrogen) atoms. The van der Waals surface area contributed by atoms with E-state index in [0.29, 0.717) is 0 Å². The third-order valence-electron chi connectivity index (χ3n) is 7.35. The fourth-order valence-corrected chi connectivity index (χ4v) is 5.71. The van der Waals surface area contributed by atoms with Gasteiger partial charge in [-0.1, -0.05) is 18.2 Å². The minimum atomic E-state index is 0.203. The lowest BCUT2D eigenvalue weighted by atomic mass is 9.77. The number of amides is 1. The number of carbonyl (C=O) groups excluding carboxylic acids is 1. The molecule has 0 aliphatic carbocycles. The van der Waals surface area contributed by atoms with Crippen molar-refractivity contribution in [3.63, 3.8) is 0 Å². The summed E-state index contributed by atoms with van der Waals surface area (Å²) in [6.07, 6.45) is 3.84. The van der Waals surface area contributed by atoms with Crippen molar-refractivity contribution in [3.05, 3.63) is 40.7 Å². The molecule has 0 spiro atoms. The SMILES string of the molecule is Cc1nn(C)c(C)c1-c1cccc2c1C(=O)N(CC[C@H]1CN3CCC1CC3)C2. The molecule has 3 fully saturated rings. The quantitative estimate of drug-likeness (QED) is 0.819. The molecule has 2 bridgehead atoms. The van der Waals surface area contributed by atoms with Gasteiger partial charge in [0, 0.05) is 37.9 Å². The van der Waals surface area contributed by atoms with Gasteiger partial charge in [-0.3, -0.25) is 9.48 Å². The van der Waals surface area contributed by atoms with E-state index in [0.717, 1.165) is 59.4 Å². The first-order chi connectivity index (χ1) is 13.5. The molecule has 1 atom stereocenters. The Labute approximate surface area is 167 Å². The van der Waals surface area contributed by atoms with Gasteiger partial charge in [0.15, 0.2) is 0 Å². The maximum atomic E-state index is 13.3. The Kier molecular flexibility index (Phi) is 4.31. The molecule has 0 radical (unpaired) electrons. The van der Waals surface area contributed by atoms with E-state index < -0.39 is 0 Å². The molecule has 1 aromatic heterocycles. The van der Waals surface area contributed by atoms with Gasteiger partial charge >= 0.3 is 0 Å². The number of carbonyl (C=O) groups is 1. The highest BCUT2D eigenvalue weighted by Crippen LogP contribution is 2.37. The summed E-state index contributed by atoms with van der Waals surface area (Å²) in [5.74, 6) is 1.84. The fraction of sp³-hybridized carbons (Fsp3) is 0.565. The van der Waals surface area contributed by atoms with E-state index >= 15 is 0 Å². The highest BCUT2D eigenvalue weighted by molar-refractivity contribution is 6.05. The lowest BCUT2D eigenvalue weighted by molar-refractivity contribution is 0.0395. The highest BCUT2D eigenvalue weighted by Gasteiger charge is 2.36. The van der Waals surface area contributed by atoms with Gasteiger partial charge in [0.05, 0.1) is 11.3 Å². The average molecular weight is 379 g/mol. The lowest BCUT2D eigenvalue weighted by Crippen LogP contribution is -2.48. The van der Waals surface area contributed by atoms with E-state index in [1.807, 2.05) is 18.7 Å². The molecule has 0 saturated carbocycles. The Hall–Kier alpha value is -2.14. The zero-order chi connectivity index (χ0) is 19.4. The lowest BCUT2D eigenvalue weighted by Gasteiger charge is -2.45. The van der Waals surface area contributed by atoms with Crippen molar-refractivity contribution in [1.82, 2.24) is 19.6 Å². The van der Waals surface area contributed by atoms with Crippen molar-refractivity contribution < 1.29 is 4.79 Å². The summed E-state index contributed by atoms with van der Waals surface area (Å²) in [4.78, 5) is 18.0. The molecular formula is C23H30N4O. The maximum absolute atomic E-state index is 13.3. The molecule has 5 heterocycles. The van der Waals surface area contributed by atoms with E-state index in [1.165, 1.54) is 38.0 Å². The van der Waals surface area contributed by atoms with Crippen molar-refractivity contribution in [3.8, 4) is 11.1 Å². The molecule has 3 saturated heterocycles. The van der Waals surface area contributed by atoms with Crippen LogP contribution in [0.15, 0.2) is 18.2 Å². The van der Waals surface area contributed by atoms with Crippen LogP contribution in [0.3, 0.4) is 0 Å². The van der Waals surface area contributed by atoms with Gasteiger partial charge in [0.25, 0.3) is 5.91 Å². The molecule has 5 heteroatoms. The summed E-state index contributed by atoms with van der Waals surface area (Å²) in [5.41, 5.74) is 6.34. The van der Waals surface area contributed by atoms with E-state index in [4.69, 9.17) is 0 Å². The summed E-state index contributed by atoms with van der Waals surface area (Å²) >= 11 is 0. The smallest absolute Gasteiger partial charge is 0.255 e. The van der Waals surface area contributed by atoms with Crippen molar-refractivity contribution in [2.45, 2.75) is 39.7 Å². The molecule has 0 unspecified atom stereocenters. The standard InChI is InChI=1S/C23H30N4O/c1-15-21(16(2)25(3)24-15)20-6-4-5-19-14-27(23(28)22(19)20)12-9-18-13-26-10-7-17(18)8-11-26/h4-6,17-18H,7-14H2,1-3H3/t18-/m0/s1. The molecule has 1 amide bonds. The molecule has 4 aliphatic heterocycles. The second-order valence-corrected chi connectivity index (χ2v) is 8.92. The van der Waals surface area contributed by atoms with Crippen LogP contribution >= 0.6 is 0 Å². The number of aromatic nitrogens is 2. The summed E-state index contributed by atoms with van der Waals surface area (Å²) in [5, 5.41) is 4.56. The molecule has 1 aromatic carbocycles. The number of rotatable bonds is 4. The molecular weight excluding hydrogens is 348 g/mol. The van der Waals surface area contributed by atoms with Gasteiger partial charge in [0.2, 0.25) is 0 Å². The number of fused-ring (bicyclic) bond motifs is 4. The first kappa shape index (κ1) is 17.9. The van der Waals surface area contributed by atoms with Crippen molar-refractivity contribution in [2.24, 2.45) is 18.9 Å². The van der Waals surface area contributed by atoms with Crippen LogP contribution in [0.25, 0.3) is 11.1 Å². The second-order valence-electron chi connectivity index (χ2n) is 8.92. The summed E-state index contributed by atoms with van der Waals surface area (Å²) in [7, 11) is 1.97. The predicted octanol–water partition coefficient (Wildman–Crippen LogP) is 3.39. The average Bonchev–Trinajstić information content (AvgIpc) is 3.16. The van der Waals surface area contributed by atoms with Gasteiger partial charge in [-0.25, -0.2) is 0 Å². The zero-order valence-electron chi connectivity index (χ0n) is 17.2. The Morgan fingerprint density at radius 2 is 1.93 bits per heavy atom. The molecule has 2 aromatic rings. The van der Waals surface area contributed by atoms with Crippen molar-refractivity contribution in [2.75, 3.05) is 26.2 Å². The number of piperidine rings is 3. The Balaban J connectivity index is 1.37. The molecule has 0 N–H and O–H groups in total. The summed E-state index contributed by atoms with van der Waals surface area (Å²) in [6, 6.07) is 6.29. The topological polar surface area (TPSA) is 41.4 Å². The summed E-state index contributed by atoms with van der Waals surface area (Å²) < 4.78 is 1.91. The number of nitrogens with zero attached hydrogens (tertiary/aromatic N) is 4. The first-order valence-corrected chi connectivity index (χ1v) is 10.7. The van der Waals surface area contributed by atoms with E-state index in [2.05, 4.69) is 40.0 Å². The number of aryl methyl sites for hydroxylation is 2. The molecule has 5 nitrogen and oxygen atoms in total. The van der Waals surface area contributed by atoms with Crippen LogP contribution in [0.5, 0.6) is 0 Å². The van der Waals surface area contributed by atoms with E-state index in [9.17, 15) is 4.79 Å². The van der Waals surface area contributed by atoms with Crippen LogP contribution in [0.1, 0.15) is 46.6 Å². The number of benzene rings is 1. The van der Waals surface area contributed by atoms with Crippen LogP contribution in [0.4, 0.5) is 0 Å². The van der Waals surface area contributed by atoms with Gasteiger partial charge in [-0.15, -0.1) is 0 Å². The van der Waals surface area contributed by atoms with Crippen molar-refractivity contribution >= 4 is 5.91 Å². The Bertz CT molecular complexity index is 923. The van der Waals surface area contributed by atoms with Crippen LogP contribution in [-0.2, 0) is 13.6 Å². The monoisotopic (exact) mass is 378 g/mol. The Morgan fingerprint density at radius 3 is 2.57 bits per heavy atom. The largest absolute Gasteiger partial charge is 0.334 e. The zero-order valence-corrected chi connectivity index (χ0v) is 17.2. The summed E-state index contributed by atoms with van der Waals surface area (Å²) in [6.45, 7) is 9.55. The third kappa shape index (κ3) is 2.79. The first-order valence-electron chi connectivity index (χ1n) is 10.7.